The highest BCUT2D eigenvalue weighted by atomic mass is 19.4. The molecule has 1 atom stereocenters. The van der Waals surface area contributed by atoms with E-state index in [0.717, 1.165) is 6.42 Å². The number of halogens is 6. The molecule has 2 aromatic heterocycles. The van der Waals surface area contributed by atoms with Gasteiger partial charge in [0.2, 0.25) is 11.8 Å². The van der Waals surface area contributed by atoms with E-state index in [1.54, 1.807) is 0 Å². The standard InChI is InChI=1S/C21H23F6N5O2/c22-20(23,24)12-7-2-1-3-8-32(19(33)11-5-4-6-11)10-15-13(21(25,26)27)9-14(28)16(29-15)18-31-30-17(12)34-18/h9,11-12H,1-8,10,28H2. The number of rotatable bonds is 1. The molecule has 2 aromatic rings. The van der Waals surface area contributed by atoms with E-state index in [-0.39, 0.29) is 36.9 Å². The summed E-state index contributed by atoms with van der Waals surface area (Å²) in [7, 11) is 0. The van der Waals surface area contributed by atoms with Gasteiger partial charge in [0.25, 0.3) is 5.89 Å². The van der Waals surface area contributed by atoms with Crippen LogP contribution in [0.25, 0.3) is 11.6 Å². The lowest BCUT2D eigenvalue weighted by atomic mass is 9.84. The summed E-state index contributed by atoms with van der Waals surface area (Å²) in [5.74, 6) is -3.77. The first-order chi connectivity index (χ1) is 15.9. The number of anilines is 1. The van der Waals surface area contributed by atoms with Crippen LogP contribution in [-0.4, -0.2) is 38.7 Å². The van der Waals surface area contributed by atoms with E-state index in [0.29, 0.717) is 31.7 Å². The highest BCUT2D eigenvalue weighted by Gasteiger charge is 2.44. The molecule has 1 unspecified atom stereocenters. The predicted octanol–water partition coefficient (Wildman–Crippen LogP) is 5.08. The van der Waals surface area contributed by atoms with Gasteiger partial charge < -0.3 is 15.1 Å². The minimum atomic E-state index is -4.81. The predicted molar refractivity (Wildman–Crippen MR) is 107 cm³/mol. The zero-order valence-corrected chi connectivity index (χ0v) is 18.0. The Morgan fingerprint density at radius 3 is 2.38 bits per heavy atom. The topological polar surface area (TPSA) is 98.1 Å². The highest BCUT2D eigenvalue weighted by Crippen LogP contribution is 2.41. The van der Waals surface area contributed by atoms with Crippen molar-refractivity contribution in [3.63, 3.8) is 0 Å². The number of hydrogen-bond donors (Lipinski definition) is 1. The van der Waals surface area contributed by atoms with Crippen LogP contribution in [0.2, 0.25) is 0 Å². The summed E-state index contributed by atoms with van der Waals surface area (Å²) < 4.78 is 87.4. The number of pyridine rings is 1. The molecule has 13 heteroatoms. The third kappa shape index (κ3) is 4.97. The number of alkyl halides is 6. The van der Waals surface area contributed by atoms with Gasteiger partial charge in [-0.3, -0.25) is 4.79 Å². The van der Waals surface area contributed by atoms with Crippen LogP contribution < -0.4 is 5.73 Å². The summed E-state index contributed by atoms with van der Waals surface area (Å²) in [6, 6.07) is 0.640. The number of amides is 1. The second-order valence-electron chi connectivity index (χ2n) is 8.69. The Hall–Kier alpha value is -2.86. The van der Waals surface area contributed by atoms with Crippen molar-refractivity contribution in [3.05, 3.63) is 23.2 Å². The first-order valence-electron chi connectivity index (χ1n) is 11.0. The Morgan fingerprint density at radius 2 is 1.76 bits per heavy atom. The van der Waals surface area contributed by atoms with E-state index in [4.69, 9.17) is 10.2 Å². The molecule has 3 heterocycles. The van der Waals surface area contributed by atoms with Crippen LogP contribution in [0.15, 0.2) is 10.5 Å². The van der Waals surface area contributed by atoms with Crippen molar-refractivity contribution in [1.29, 1.82) is 0 Å². The van der Waals surface area contributed by atoms with Crippen LogP contribution in [0, 0.1) is 5.92 Å². The molecule has 1 fully saturated rings. The molecule has 0 aromatic carbocycles. The average Bonchev–Trinajstić information content (AvgIpc) is 3.15. The maximum Gasteiger partial charge on any atom is 0.418 e. The Balaban J connectivity index is 1.80. The first kappa shape index (κ1) is 24.3. The lowest BCUT2D eigenvalue weighted by molar-refractivity contribution is -0.156. The van der Waals surface area contributed by atoms with Crippen molar-refractivity contribution >= 4 is 11.6 Å². The molecule has 1 aliphatic carbocycles. The second-order valence-corrected chi connectivity index (χ2v) is 8.69. The largest absolute Gasteiger partial charge is 0.419 e. The highest BCUT2D eigenvalue weighted by molar-refractivity contribution is 5.79. The Morgan fingerprint density at radius 1 is 1.03 bits per heavy atom. The third-order valence-corrected chi connectivity index (χ3v) is 6.30. The van der Waals surface area contributed by atoms with Crippen molar-refractivity contribution in [2.24, 2.45) is 5.92 Å². The number of nitrogens with two attached hydrogens (primary N) is 1. The summed E-state index contributed by atoms with van der Waals surface area (Å²) >= 11 is 0. The molecule has 0 spiro atoms. The molecule has 7 nitrogen and oxygen atoms in total. The number of carbonyl (C=O) groups excluding carboxylic acids is 1. The van der Waals surface area contributed by atoms with Gasteiger partial charge in [-0.1, -0.05) is 19.3 Å². The molecule has 1 aliphatic heterocycles. The summed E-state index contributed by atoms with van der Waals surface area (Å²) in [6.07, 6.45) is -6.77. The molecular weight excluding hydrogens is 468 g/mol. The molecule has 4 bridgehead atoms. The first-order valence-corrected chi connectivity index (χ1v) is 11.0. The molecule has 1 amide bonds. The maximum atomic E-state index is 13.8. The van der Waals surface area contributed by atoms with Crippen LogP contribution in [0.1, 0.15) is 68.0 Å². The third-order valence-electron chi connectivity index (χ3n) is 6.30. The van der Waals surface area contributed by atoms with E-state index in [2.05, 4.69) is 15.2 Å². The molecule has 34 heavy (non-hydrogen) atoms. The van der Waals surface area contributed by atoms with Crippen molar-refractivity contribution in [3.8, 4) is 11.6 Å². The zero-order chi connectivity index (χ0) is 24.7. The maximum absolute atomic E-state index is 13.8. The van der Waals surface area contributed by atoms with Crippen molar-refractivity contribution in [2.45, 2.75) is 69.8 Å². The van der Waals surface area contributed by atoms with Gasteiger partial charge >= 0.3 is 12.4 Å². The van der Waals surface area contributed by atoms with Crippen LogP contribution in [-0.2, 0) is 17.5 Å². The Kier molecular flexibility index (Phi) is 6.47. The molecule has 186 valence electrons. The normalized spacial score (nSPS) is 20.5. The van der Waals surface area contributed by atoms with E-state index in [9.17, 15) is 31.1 Å². The number of aromatic nitrogens is 3. The molecule has 4 rings (SSSR count). The summed E-state index contributed by atoms with van der Waals surface area (Å²) in [4.78, 5) is 18.2. The molecule has 0 radical (unpaired) electrons. The number of nitrogen functional groups attached to an aromatic ring is 1. The van der Waals surface area contributed by atoms with Gasteiger partial charge in [-0.2, -0.15) is 26.3 Å². The molecule has 2 N–H and O–H groups in total. The van der Waals surface area contributed by atoms with Crippen molar-refractivity contribution < 1.29 is 35.6 Å². The van der Waals surface area contributed by atoms with Crippen LogP contribution >= 0.6 is 0 Å². The molecule has 1 saturated carbocycles. The van der Waals surface area contributed by atoms with Gasteiger partial charge in [0.05, 0.1) is 23.5 Å². The van der Waals surface area contributed by atoms with E-state index in [1.165, 1.54) is 4.90 Å². The quantitative estimate of drug-likeness (QED) is 0.559. The summed E-state index contributed by atoms with van der Waals surface area (Å²) in [6.45, 7) is -0.299. The van der Waals surface area contributed by atoms with Gasteiger partial charge in [0.1, 0.15) is 5.92 Å². The fourth-order valence-electron chi connectivity index (χ4n) is 4.19. The Labute approximate surface area is 190 Å². The minimum Gasteiger partial charge on any atom is -0.419 e. The van der Waals surface area contributed by atoms with Gasteiger partial charge in [-0.25, -0.2) is 4.98 Å². The molecular formula is C21H23F6N5O2. The van der Waals surface area contributed by atoms with E-state index < -0.39 is 53.5 Å². The van der Waals surface area contributed by atoms with Crippen molar-refractivity contribution in [2.75, 3.05) is 12.3 Å². The van der Waals surface area contributed by atoms with Crippen molar-refractivity contribution in [1.82, 2.24) is 20.1 Å². The SMILES string of the molecule is Nc1cc(C(F)(F)F)c2nc1-c1nnc(o1)C(C(F)(F)F)CCCCCN(C(=O)C1CCC1)C2. The summed E-state index contributed by atoms with van der Waals surface area (Å²) in [5, 5.41) is 7.07. The number of nitrogens with zero attached hydrogens (tertiary/aromatic N) is 4. The Bertz CT molecular complexity index is 1050. The average molecular weight is 491 g/mol. The number of hydrogen-bond acceptors (Lipinski definition) is 6. The minimum absolute atomic E-state index is 0.114. The fourth-order valence-corrected chi connectivity index (χ4v) is 4.19. The molecule has 0 saturated heterocycles. The monoisotopic (exact) mass is 491 g/mol. The zero-order valence-electron chi connectivity index (χ0n) is 18.0. The second kappa shape index (κ2) is 9.06. The van der Waals surface area contributed by atoms with Gasteiger partial charge in [0, 0.05) is 12.5 Å². The van der Waals surface area contributed by atoms with Crippen LogP contribution in [0.5, 0.6) is 0 Å². The molecule has 2 aliphatic rings. The van der Waals surface area contributed by atoms with E-state index in [1.807, 2.05) is 0 Å². The van der Waals surface area contributed by atoms with Crippen LogP contribution in [0.4, 0.5) is 32.0 Å². The lowest BCUT2D eigenvalue weighted by Crippen LogP contribution is -2.39. The smallest absolute Gasteiger partial charge is 0.418 e. The van der Waals surface area contributed by atoms with Gasteiger partial charge in [-0.15, -0.1) is 10.2 Å². The number of carbonyl (C=O) groups is 1. The number of fused-ring (bicyclic) bond motifs is 5. The van der Waals surface area contributed by atoms with Gasteiger partial charge in [-0.05, 0) is 31.7 Å². The van der Waals surface area contributed by atoms with E-state index >= 15 is 0 Å². The van der Waals surface area contributed by atoms with Gasteiger partial charge in [0.15, 0.2) is 5.69 Å². The summed E-state index contributed by atoms with van der Waals surface area (Å²) in [5.41, 5.74) is 3.34. The lowest BCUT2D eigenvalue weighted by Gasteiger charge is -2.32. The van der Waals surface area contributed by atoms with Crippen LogP contribution in [0.3, 0.4) is 0 Å². The fraction of sp³-hybridized carbons (Fsp3) is 0.619.